The number of carbonyl (C=O) groups is 3. The molecule has 26 heavy (non-hydrogen) atoms. The van der Waals surface area contributed by atoms with Crippen molar-refractivity contribution in [3.8, 4) is 0 Å². The largest absolute Gasteiger partial charge is 0.353 e. The Hall–Kier alpha value is -1.63. The molecule has 0 aromatic heterocycles. The van der Waals surface area contributed by atoms with E-state index in [0.717, 1.165) is 13.1 Å². The molecule has 0 aromatic rings. The molecular weight excluding hydrogens is 332 g/mol. The standard InChI is InChI=1S/C19H32N4O3/c1-15(24)21-9-11-22(12-10-21)18(25)13-17-19(26)20-7-8-23(17)14-16-5-3-2-4-6-16/h16-17H,2-14H2,1H3,(H,20,26). The smallest absolute Gasteiger partial charge is 0.237 e. The first-order valence-corrected chi connectivity index (χ1v) is 10.1. The number of nitrogens with zero attached hydrogens (tertiary/aromatic N) is 3. The molecule has 1 atom stereocenters. The van der Waals surface area contributed by atoms with Crippen molar-refractivity contribution in [2.75, 3.05) is 45.8 Å². The second-order valence-electron chi connectivity index (χ2n) is 7.90. The molecule has 1 saturated carbocycles. The molecule has 3 aliphatic rings. The van der Waals surface area contributed by atoms with Crippen molar-refractivity contribution >= 4 is 17.7 Å². The Balaban J connectivity index is 1.55. The fourth-order valence-electron chi connectivity index (χ4n) is 4.47. The third kappa shape index (κ3) is 4.75. The first-order valence-electron chi connectivity index (χ1n) is 10.1. The highest BCUT2D eigenvalue weighted by atomic mass is 16.2. The van der Waals surface area contributed by atoms with Crippen LogP contribution in [0.5, 0.6) is 0 Å². The Morgan fingerprint density at radius 3 is 2.31 bits per heavy atom. The van der Waals surface area contributed by atoms with Crippen molar-refractivity contribution in [2.45, 2.75) is 51.5 Å². The Kier molecular flexibility index (Phi) is 6.51. The maximum absolute atomic E-state index is 12.7. The van der Waals surface area contributed by atoms with Crippen LogP contribution in [0.2, 0.25) is 0 Å². The van der Waals surface area contributed by atoms with Crippen LogP contribution in [0.4, 0.5) is 0 Å². The van der Waals surface area contributed by atoms with Crippen molar-refractivity contribution in [1.29, 1.82) is 0 Å². The Morgan fingerprint density at radius 2 is 1.65 bits per heavy atom. The molecule has 2 saturated heterocycles. The van der Waals surface area contributed by atoms with E-state index in [-0.39, 0.29) is 30.2 Å². The van der Waals surface area contributed by atoms with Gasteiger partial charge in [-0.05, 0) is 18.8 Å². The lowest BCUT2D eigenvalue weighted by molar-refractivity contribution is -0.142. The quantitative estimate of drug-likeness (QED) is 0.786. The van der Waals surface area contributed by atoms with Crippen LogP contribution in [0, 0.1) is 5.92 Å². The molecule has 0 radical (unpaired) electrons. The van der Waals surface area contributed by atoms with Crippen LogP contribution in [-0.2, 0) is 14.4 Å². The minimum atomic E-state index is -0.344. The van der Waals surface area contributed by atoms with Crippen LogP contribution < -0.4 is 5.32 Å². The summed E-state index contributed by atoms with van der Waals surface area (Å²) in [5.74, 6) is 0.737. The van der Waals surface area contributed by atoms with E-state index in [1.54, 1.807) is 16.7 Å². The second-order valence-corrected chi connectivity index (χ2v) is 7.90. The lowest BCUT2D eigenvalue weighted by Gasteiger charge is -2.39. The maximum atomic E-state index is 12.7. The van der Waals surface area contributed by atoms with Crippen molar-refractivity contribution in [2.24, 2.45) is 5.92 Å². The zero-order valence-corrected chi connectivity index (χ0v) is 15.9. The molecule has 1 N–H and O–H groups in total. The summed E-state index contributed by atoms with van der Waals surface area (Å²) in [6.45, 7) is 6.31. The summed E-state index contributed by atoms with van der Waals surface area (Å²) in [7, 11) is 0. The van der Waals surface area contributed by atoms with Crippen LogP contribution in [0.25, 0.3) is 0 Å². The van der Waals surface area contributed by atoms with E-state index in [2.05, 4.69) is 10.2 Å². The van der Waals surface area contributed by atoms with E-state index in [1.165, 1.54) is 32.1 Å². The summed E-state index contributed by atoms with van der Waals surface area (Å²) in [5.41, 5.74) is 0. The average Bonchev–Trinajstić information content (AvgIpc) is 2.65. The summed E-state index contributed by atoms with van der Waals surface area (Å²) in [6, 6.07) is -0.344. The predicted octanol–water partition coefficient (Wildman–Crippen LogP) is 0.448. The van der Waals surface area contributed by atoms with Gasteiger partial charge >= 0.3 is 0 Å². The van der Waals surface area contributed by atoms with Gasteiger partial charge in [0.05, 0.1) is 12.5 Å². The lowest BCUT2D eigenvalue weighted by atomic mass is 9.88. The first-order chi connectivity index (χ1) is 12.5. The van der Waals surface area contributed by atoms with Crippen LogP contribution in [0.3, 0.4) is 0 Å². The predicted molar refractivity (Wildman–Crippen MR) is 98.4 cm³/mol. The van der Waals surface area contributed by atoms with Crippen molar-refractivity contribution in [3.63, 3.8) is 0 Å². The van der Waals surface area contributed by atoms with Crippen LogP contribution >= 0.6 is 0 Å². The zero-order valence-electron chi connectivity index (χ0n) is 15.9. The van der Waals surface area contributed by atoms with Gasteiger partial charge in [0.2, 0.25) is 17.7 Å². The van der Waals surface area contributed by atoms with Crippen molar-refractivity contribution in [3.05, 3.63) is 0 Å². The fourth-order valence-corrected chi connectivity index (χ4v) is 4.47. The Labute approximate surface area is 156 Å². The fraction of sp³-hybridized carbons (Fsp3) is 0.842. The molecule has 7 nitrogen and oxygen atoms in total. The topological polar surface area (TPSA) is 73.0 Å². The highest BCUT2D eigenvalue weighted by molar-refractivity contribution is 5.89. The van der Waals surface area contributed by atoms with E-state index < -0.39 is 0 Å². The molecule has 2 aliphatic heterocycles. The van der Waals surface area contributed by atoms with Crippen LogP contribution in [0.1, 0.15) is 45.4 Å². The maximum Gasteiger partial charge on any atom is 0.237 e. The van der Waals surface area contributed by atoms with E-state index in [9.17, 15) is 14.4 Å². The summed E-state index contributed by atoms with van der Waals surface area (Å²) in [6.07, 6.45) is 6.63. The number of nitrogens with one attached hydrogen (secondary N) is 1. The Bertz CT molecular complexity index is 525. The van der Waals surface area contributed by atoms with Crippen molar-refractivity contribution in [1.82, 2.24) is 20.0 Å². The summed E-state index contributed by atoms with van der Waals surface area (Å²) in [5, 5.41) is 2.93. The summed E-state index contributed by atoms with van der Waals surface area (Å²) in [4.78, 5) is 42.4. The average molecular weight is 364 g/mol. The van der Waals surface area contributed by atoms with Gasteiger partial charge in [0.15, 0.2) is 0 Å². The minimum absolute atomic E-state index is 0.0113. The lowest BCUT2D eigenvalue weighted by Crippen LogP contribution is -2.58. The van der Waals surface area contributed by atoms with Crippen LogP contribution in [0.15, 0.2) is 0 Å². The number of hydrogen-bond donors (Lipinski definition) is 1. The third-order valence-electron chi connectivity index (χ3n) is 6.10. The SMILES string of the molecule is CC(=O)N1CCN(C(=O)CC2C(=O)NCCN2CC2CCCCC2)CC1. The van der Waals surface area contributed by atoms with Gasteiger partial charge in [0.1, 0.15) is 0 Å². The van der Waals surface area contributed by atoms with Crippen molar-refractivity contribution < 1.29 is 14.4 Å². The van der Waals surface area contributed by atoms with Crippen LogP contribution in [-0.4, -0.2) is 84.3 Å². The molecule has 146 valence electrons. The molecule has 0 bridgehead atoms. The van der Waals surface area contributed by atoms with E-state index >= 15 is 0 Å². The molecule has 1 aliphatic carbocycles. The number of piperazine rings is 2. The second kappa shape index (κ2) is 8.84. The molecule has 3 rings (SSSR count). The highest BCUT2D eigenvalue weighted by Crippen LogP contribution is 2.26. The molecule has 0 aromatic carbocycles. The summed E-state index contributed by atoms with van der Waals surface area (Å²) < 4.78 is 0. The van der Waals surface area contributed by atoms with Gasteiger partial charge in [-0.25, -0.2) is 0 Å². The highest BCUT2D eigenvalue weighted by Gasteiger charge is 2.35. The number of hydrogen-bond acceptors (Lipinski definition) is 4. The third-order valence-corrected chi connectivity index (χ3v) is 6.10. The van der Waals surface area contributed by atoms with E-state index in [0.29, 0.717) is 38.6 Å². The molecule has 0 spiro atoms. The molecule has 1 unspecified atom stereocenters. The number of amides is 3. The minimum Gasteiger partial charge on any atom is -0.353 e. The molecule has 3 amide bonds. The molecule has 7 heteroatoms. The van der Waals surface area contributed by atoms with Gasteiger partial charge in [-0.1, -0.05) is 19.3 Å². The Morgan fingerprint density at radius 1 is 1.00 bits per heavy atom. The van der Waals surface area contributed by atoms with Gasteiger partial charge in [0.25, 0.3) is 0 Å². The summed E-state index contributed by atoms with van der Waals surface area (Å²) >= 11 is 0. The normalized spacial score (nSPS) is 25.9. The van der Waals surface area contributed by atoms with Gasteiger partial charge in [-0.15, -0.1) is 0 Å². The number of rotatable bonds is 4. The van der Waals surface area contributed by atoms with Gasteiger partial charge < -0.3 is 15.1 Å². The molecule has 3 fully saturated rings. The van der Waals surface area contributed by atoms with E-state index in [4.69, 9.17) is 0 Å². The van der Waals surface area contributed by atoms with Gasteiger partial charge in [0, 0.05) is 52.7 Å². The molecule has 2 heterocycles. The number of carbonyl (C=O) groups excluding carboxylic acids is 3. The van der Waals surface area contributed by atoms with E-state index in [1.807, 2.05) is 0 Å². The molecular formula is C19H32N4O3. The zero-order chi connectivity index (χ0) is 18.5. The monoisotopic (exact) mass is 364 g/mol. The first kappa shape index (κ1) is 19.1. The van der Waals surface area contributed by atoms with Gasteiger partial charge in [-0.2, -0.15) is 0 Å². The van der Waals surface area contributed by atoms with Gasteiger partial charge in [-0.3, -0.25) is 19.3 Å².